The highest BCUT2D eigenvalue weighted by atomic mass is 16.4. The van der Waals surface area contributed by atoms with Crippen LogP contribution in [0.5, 0.6) is 0 Å². The number of hydrogen-bond donors (Lipinski definition) is 2. The number of carbonyl (C=O) groups excluding carboxylic acids is 1. The van der Waals surface area contributed by atoms with E-state index >= 15 is 0 Å². The van der Waals surface area contributed by atoms with E-state index < -0.39 is 11.9 Å². The van der Waals surface area contributed by atoms with Crippen molar-refractivity contribution in [2.24, 2.45) is 5.73 Å². The van der Waals surface area contributed by atoms with Gasteiger partial charge in [0.25, 0.3) is 0 Å². The highest BCUT2D eigenvalue weighted by Crippen LogP contribution is 1.84. The Labute approximate surface area is 83.5 Å². The lowest BCUT2D eigenvalue weighted by molar-refractivity contribution is -0.864. The number of carbonyl (C=O) groups is 2. The Bertz CT molecular complexity index is 186. The molecule has 3 N–H and O–H groups in total. The summed E-state index contributed by atoms with van der Waals surface area (Å²) in [5.74, 6) is -1.84. The average Bonchev–Trinajstić information content (AvgIpc) is 1.80. The Morgan fingerprint density at radius 2 is 1.79 bits per heavy atom. The number of nitrogens with two attached hydrogens (primary N) is 1. The van der Waals surface area contributed by atoms with Gasteiger partial charge in [-0.1, -0.05) is 0 Å². The minimum absolute atomic E-state index is 0.0694. The van der Waals surface area contributed by atoms with Gasteiger partial charge in [-0.15, -0.1) is 0 Å². The molecular weight excluding hydrogens is 188 g/mol. The lowest BCUT2D eigenvalue weighted by Gasteiger charge is -2.23. The summed E-state index contributed by atoms with van der Waals surface area (Å²) in [5, 5.41) is 17.7. The molecule has 0 fully saturated rings. The van der Waals surface area contributed by atoms with Crippen LogP contribution in [-0.2, 0) is 9.59 Å². The van der Waals surface area contributed by atoms with E-state index in [0.717, 1.165) is 0 Å². The second-order valence-electron chi connectivity index (χ2n) is 3.75. The summed E-state index contributed by atoms with van der Waals surface area (Å²) >= 11 is 0. The lowest BCUT2D eigenvalue weighted by atomic mass is 10.5. The van der Waals surface area contributed by atoms with E-state index in [1.807, 2.05) is 0 Å². The van der Waals surface area contributed by atoms with Crippen molar-refractivity contribution in [1.82, 2.24) is 0 Å². The fourth-order valence-corrected chi connectivity index (χ4v) is 0.511. The van der Waals surface area contributed by atoms with Gasteiger partial charge in [0.2, 0.25) is 0 Å². The zero-order chi connectivity index (χ0) is 11.8. The molecule has 0 saturated carbocycles. The van der Waals surface area contributed by atoms with Crippen LogP contribution < -0.4 is 10.8 Å². The van der Waals surface area contributed by atoms with E-state index in [2.05, 4.69) is 0 Å². The van der Waals surface area contributed by atoms with Crippen molar-refractivity contribution in [2.75, 3.05) is 34.2 Å². The van der Waals surface area contributed by atoms with Crippen LogP contribution in [0.2, 0.25) is 0 Å². The van der Waals surface area contributed by atoms with Crippen LogP contribution >= 0.6 is 0 Å². The Morgan fingerprint density at radius 1 is 1.36 bits per heavy atom. The summed E-state index contributed by atoms with van der Waals surface area (Å²) in [6.45, 7) is 0.301. The minimum atomic E-state index is -1.00. The van der Waals surface area contributed by atoms with Gasteiger partial charge in [-0.2, -0.15) is 0 Å². The van der Waals surface area contributed by atoms with Gasteiger partial charge in [0.05, 0.1) is 33.5 Å². The fraction of sp³-hybridized carbons (Fsp3) is 0.750. The largest absolute Gasteiger partial charge is 0.544 e. The predicted molar refractivity (Wildman–Crippen MR) is 49.2 cm³/mol. The molecule has 0 aromatic carbocycles. The Hall–Kier alpha value is -1.14. The van der Waals surface area contributed by atoms with Crippen molar-refractivity contribution in [2.45, 2.75) is 6.42 Å². The third kappa shape index (κ3) is 22.4. The maximum absolute atomic E-state index is 9.89. The number of rotatable bonds is 4. The number of hydrogen-bond acceptors (Lipinski definition) is 4. The molecule has 0 radical (unpaired) electrons. The minimum Gasteiger partial charge on any atom is -0.544 e. The summed E-state index contributed by atoms with van der Waals surface area (Å²) in [7, 11) is 5.40. The van der Waals surface area contributed by atoms with Gasteiger partial charge in [-0.05, 0) is 0 Å². The van der Waals surface area contributed by atoms with Crippen molar-refractivity contribution in [3.63, 3.8) is 0 Å². The van der Waals surface area contributed by atoms with E-state index in [4.69, 9.17) is 10.8 Å². The molecule has 0 aliphatic carbocycles. The number of carboxylic acid groups (broad SMARTS) is 2. The lowest BCUT2D eigenvalue weighted by Crippen LogP contribution is -2.45. The molecule has 0 rings (SSSR count). The number of nitrogens with zero attached hydrogens (tertiary/aromatic N) is 1. The van der Waals surface area contributed by atoms with Crippen LogP contribution in [0.15, 0.2) is 0 Å². The van der Waals surface area contributed by atoms with E-state index in [9.17, 15) is 14.7 Å². The number of aliphatic carboxylic acids is 2. The molecule has 0 atom stereocenters. The fourth-order valence-electron chi connectivity index (χ4n) is 0.511. The first kappa shape index (κ1) is 15.3. The second-order valence-corrected chi connectivity index (χ2v) is 3.75. The van der Waals surface area contributed by atoms with Gasteiger partial charge < -0.3 is 25.2 Å². The molecule has 6 nitrogen and oxygen atoms in total. The molecule has 0 amide bonds. The summed E-state index contributed by atoms with van der Waals surface area (Å²) in [4.78, 5) is 19.4. The molecule has 0 unspecified atom stereocenters. The molecule has 6 heteroatoms. The van der Waals surface area contributed by atoms with Crippen LogP contribution in [-0.4, -0.2) is 55.8 Å². The zero-order valence-electron chi connectivity index (χ0n) is 8.82. The van der Waals surface area contributed by atoms with Crippen LogP contribution in [0, 0.1) is 0 Å². The molecular formula is C8H18N2O4. The summed E-state index contributed by atoms with van der Waals surface area (Å²) in [6, 6.07) is 0. The van der Waals surface area contributed by atoms with Gasteiger partial charge in [-0.25, -0.2) is 0 Å². The van der Waals surface area contributed by atoms with Crippen LogP contribution in [0.25, 0.3) is 0 Å². The van der Waals surface area contributed by atoms with E-state index in [1.54, 1.807) is 21.1 Å². The van der Waals surface area contributed by atoms with Crippen molar-refractivity contribution >= 4 is 11.9 Å². The third-order valence-electron chi connectivity index (χ3n) is 0.962. The summed E-state index contributed by atoms with van der Waals surface area (Å²) < 4.78 is 0.419. The highest BCUT2D eigenvalue weighted by Gasteiger charge is 2.04. The molecule has 0 aromatic rings. The average molecular weight is 206 g/mol. The normalized spacial score (nSPS) is 10.0. The molecule has 0 aliphatic rings. The second kappa shape index (κ2) is 7.28. The maximum atomic E-state index is 9.89. The number of likely N-dealkylation sites (N-methyl/N-ethyl adjacent to an activating group) is 1. The standard InChI is InChI=1S/C5H11NO2.C3H7NO2/c1-6(2,3)4-5(7)8;4-2-1-3(5)6/h4H2,1-3H3;1-2,4H2,(H,5,6). The quantitative estimate of drug-likeness (QED) is 0.511. The van der Waals surface area contributed by atoms with Crippen molar-refractivity contribution in [1.29, 1.82) is 0 Å². The van der Waals surface area contributed by atoms with Crippen LogP contribution in [0.3, 0.4) is 0 Å². The molecule has 0 saturated heterocycles. The van der Waals surface area contributed by atoms with E-state index in [-0.39, 0.29) is 19.5 Å². The molecule has 14 heavy (non-hydrogen) atoms. The number of carboxylic acids is 2. The van der Waals surface area contributed by atoms with Gasteiger partial charge >= 0.3 is 5.97 Å². The summed E-state index contributed by atoms with van der Waals surface area (Å²) in [5.41, 5.74) is 4.85. The number of quaternary nitrogens is 1. The van der Waals surface area contributed by atoms with Crippen LogP contribution in [0.4, 0.5) is 0 Å². The molecule has 0 spiro atoms. The van der Waals surface area contributed by atoms with Gasteiger partial charge in [0, 0.05) is 6.54 Å². The molecule has 0 bridgehead atoms. The predicted octanol–water partition coefficient (Wildman–Crippen LogP) is -2.14. The molecule has 0 aromatic heterocycles. The topological polar surface area (TPSA) is 103 Å². The van der Waals surface area contributed by atoms with Crippen molar-refractivity contribution in [3.05, 3.63) is 0 Å². The monoisotopic (exact) mass is 206 g/mol. The third-order valence-corrected chi connectivity index (χ3v) is 0.962. The molecule has 0 aliphatic heterocycles. The van der Waals surface area contributed by atoms with Gasteiger partial charge in [0.1, 0.15) is 6.54 Å². The Kier molecular flexibility index (Phi) is 7.98. The maximum Gasteiger partial charge on any atom is 0.304 e. The van der Waals surface area contributed by atoms with Crippen molar-refractivity contribution in [3.8, 4) is 0 Å². The molecule has 0 heterocycles. The Morgan fingerprint density at radius 3 is 1.79 bits per heavy atom. The van der Waals surface area contributed by atoms with Crippen molar-refractivity contribution < 1.29 is 24.3 Å². The van der Waals surface area contributed by atoms with Gasteiger partial charge in [0.15, 0.2) is 0 Å². The first-order valence-electron chi connectivity index (χ1n) is 4.11. The van der Waals surface area contributed by atoms with E-state index in [1.165, 1.54) is 0 Å². The first-order chi connectivity index (χ1) is 6.19. The summed E-state index contributed by atoms with van der Waals surface area (Å²) in [6.07, 6.45) is 0.0694. The van der Waals surface area contributed by atoms with E-state index in [0.29, 0.717) is 4.48 Å². The highest BCUT2D eigenvalue weighted by molar-refractivity contribution is 5.66. The van der Waals surface area contributed by atoms with Crippen LogP contribution in [0.1, 0.15) is 6.42 Å². The molecule has 84 valence electrons. The Balaban J connectivity index is 0. The SMILES string of the molecule is C[N+](C)(C)CC(=O)[O-].NCCC(=O)O. The first-order valence-corrected chi connectivity index (χ1v) is 4.11. The van der Waals surface area contributed by atoms with Gasteiger partial charge in [-0.3, -0.25) is 4.79 Å². The smallest absolute Gasteiger partial charge is 0.304 e. The zero-order valence-corrected chi connectivity index (χ0v) is 8.82.